The van der Waals surface area contributed by atoms with Gasteiger partial charge in [0.2, 0.25) is 0 Å². The van der Waals surface area contributed by atoms with Crippen LogP contribution in [0.15, 0.2) is 24.3 Å². The zero-order valence-electron chi connectivity index (χ0n) is 12.0. The topological polar surface area (TPSA) is 26.3 Å². The molecule has 0 aromatic heterocycles. The van der Waals surface area contributed by atoms with E-state index in [2.05, 4.69) is 20.8 Å². The number of benzene rings is 1. The van der Waals surface area contributed by atoms with Crippen LogP contribution in [-0.4, -0.2) is 12.4 Å². The molecule has 0 amide bonds. The van der Waals surface area contributed by atoms with Gasteiger partial charge in [-0.3, -0.25) is 4.79 Å². The molecule has 0 N–H and O–H groups in total. The van der Waals surface area contributed by atoms with Crippen LogP contribution in [0.5, 0.6) is 5.75 Å². The van der Waals surface area contributed by atoms with Gasteiger partial charge in [0.15, 0.2) is 0 Å². The molecule has 2 nitrogen and oxygen atoms in total. The molecule has 0 fully saturated rings. The highest BCUT2D eigenvalue weighted by Crippen LogP contribution is 2.21. The predicted octanol–water partition coefficient (Wildman–Crippen LogP) is 4.16. The van der Waals surface area contributed by atoms with Crippen molar-refractivity contribution in [3.05, 3.63) is 29.8 Å². The Balaban J connectivity index is 2.23. The van der Waals surface area contributed by atoms with Gasteiger partial charge in [-0.05, 0) is 36.5 Å². The van der Waals surface area contributed by atoms with Gasteiger partial charge in [0.05, 0.1) is 6.61 Å². The number of hydrogen-bond donors (Lipinski definition) is 0. The van der Waals surface area contributed by atoms with Crippen molar-refractivity contribution in [1.29, 1.82) is 0 Å². The van der Waals surface area contributed by atoms with Crippen molar-refractivity contribution in [2.75, 3.05) is 6.61 Å². The third-order valence-electron chi connectivity index (χ3n) is 2.79. The number of ether oxygens (including phenoxy) is 1. The van der Waals surface area contributed by atoms with E-state index in [4.69, 9.17) is 4.74 Å². The Hall–Kier alpha value is -1.31. The molecule has 0 bridgehead atoms. The van der Waals surface area contributed by atoms with Gasteiger partial charge >= 0.3 is 0 Å². The molecule has 1 rings (SSSR count). The van der Waals surface area contributed by atoms with E-state index in [0.717, 1.165) is 12.2 Å². The molecule has 2 heteroatoms. The molecular formula is C16H24O2. The Morgan fingerprint density at radius 1 is 1.22 bits per heavy atom. The molecule has 0 aliphatic heterocycles. The van der Waals surface area contributed by atoms with Gasteiger partial charge in [-0.2, -0.15) is 0 Å². The van der Waals surface area contributed by atoms with E-state index in [-0.39, 0.29) is 11.2 Å². The highest BCUT2D eigenvalue weighted by Gasteiger charge is 2.12. The third kappa shape index (κ3) is 6.43. The number of Topliss-reactive ketones (excluding diaryl/α,β-unsaturated/α-hetero) is 1. The first-order valence-corrected chi connectivity index (χ1v) is 6.58. The molecule has 0 aliphatic rings. The van der Waals surface area contributed by atoms with Crippen LogP contribution in [-0.2, 0) is 4.79 Å². The summed E-state index contributed by atoms with van der Waals surface area (Å²) in [4.78, 5) is 11.7. The van der Waals surface area contributed by atoms with E-state index in [1.54, 1.807) is 0 Å². The molecule has 0 radical (unpaired) electrons. The lowest BCUT2D eigenvalue weighted by Crippen LogP contribution is -2.11. The van der Waals surface area contributed by atoms with E-state index in [0.29, 0.717) is 19.4 Å². The molecule has 0 aliphatic carbocycles. The Morgan fingerprint density at radius 3 is 2.56 bits per heavy atom. The van der Waals surface area contributed by atoms with Crippen LogP contribution in [0.25, 0.3) is 0 Å². The first kappa shape index (κ1) is 14.7. The molecule has 0 spiro atoms. The van der Waals surface area contributed by atoms with Gasteiger partial charge in [-0.1, -0.05) is 32.9 Å². The fourth-order valence-corrected chi connectivity index (χ4v) is 1.63. The first-order chi connectivity index (χ1) is 8.37. The highest BCUT2D eigenvalue weighted by atomic mass is 16.5. The molecule has 1 aromatic carbocycles. The largest absolute Gasteiger partial charge is 0.493 e. The predicted molar refractivity (Wildman–Crippen MR) is 75.0 cm³/mol. The zero-order valence-corrected chi connectivity index (χ0v) is 12.0. The minimum atomic E-state index is 0.229. The maximum Gasteiger partial charge on any atom is 0.136 e. The van der Waals surface area contributed by atoms with E-state index in [9.17, 15) is 4.79 Å². The Bertz CT molecular complexity index is 388. The molecule has 0 atom stereocenters. The molecule has 1 aromatic rings. The van der Waals surface area contributed by atoms with Crippen LogP contribution in [0.4, 0.5) is 0 Å². The van der Waals surface area contributed by atoms with Crippen molar-refractivity contribution in [3.8, 4) is 5.75 Å². The minimum Gasteiger partial charge on any atom is -0.493 e. The number of carbonyl (C=O) groups is 1. The Kier molecular flexibility index (Phi) is 5.39. The normalized spacial score (nSPS) is 11.3. The van der Waals surface area contributed by atoms with Crippen molar-refractivity contribution >= 4 is 5.78 Å². The van der Waals surface area contributed by atoms with E-state index >= 15 is 0 Å². The molecule has 0 unspecified atom stereocenters. The molecule has 0 saturated heterocycles. The van der Waals surface area contributed by atoms with Crippen molar-refractivity contribution < 1.29 is 9.53 Å². The van der Waals surface area contributed by atoms with Crippen molar-refractivity contribution in [2.45, 2.75) is 47.0 Å². The first-order valence-electron chi connectivity index (χ1n) is 6.58. The quantitative estimate of drug-likeness (QED) is 0.755. The summed E-state index contributed by atoms with van der Waals surface area (Å²) in [5, 5.41) is 0. The van der Waals surface area contributed by atoms with Crippen LogP contribution < -0.4 is 4.74 Å². The number of hydrogen-bond acceptors (Lipinski definition) is 2. The Labute approximate surface area is 110 Å². The average Bonchev–Trinajstić information content (AvgIpc) is 2.25. The lowest BCUT2D eigenvalue weighted by molar-refractivity contribution is -0.120. The molecule has 18 heavy (non-hydrogen) atoms. The summed E-state index contributed by atoms with van der Waals surface area (Å²) in [6.07, 6.45) is 2.10. The lowest BCUT2D eigenvalue weighted by atomic mass is 9.89. The van der Waals surface area contributed by atoms with Gasteiger partial charge in [0.1, 0.15) is 11.5 Å². The zero-order chi connectivity index (χ0) is 13.6. The summed E-state index contributed by atoms with van der Waals surface area (Å²) >= 11 is 0. The van der Waals surface area contributed by atoms with Crippen LogP contribution in [0.2, 0.25) is 0 Å². The second kappa shape index (κ2) is 6.58. The molecular weight excluding hydrogens is 224 g/mol. The average molecular weight is 248 g/mol. The summed E-state index contributed by atoms with van der Waals surface area (Å²) in [7, 11) is 0. The minimum absolute atomic E-state index is 0.229. The van der Waals surface area contributed by atoms with E-state index in [1.165, 1.54) is 5.56 Å². The second-order valence-corrected chi connectivity index (χ2v) is 6.01. The van der Waals surface area contributed by atoms with E-state index < -0.39 is 0 Å². The summed E-state index contributed by atoms with van der Waals surface area (Å²) in [6.45, 7) is 8.98. The fourth-order valence-electron chi connectivity index (χ4n) is 1.63. The smallest absolute Gasteiger partial charge is 0.136 e. The monoisotopic (exact) mass is 248 g/mol. The lowest BCUT2D eigenvalue weighted by Gasteiger charge is -2.17. The maximum atomic E-state index is 11.7. The fraction of sp³-hybridized carbons (Fsp3) is 0.562. The van der Waals surface area contributed by atoms with Gasteiger partial charge in [-0.15, -0.1) is 0 Å². The van der Waals surface area contributed by atoms with Gasteiger partial charge in [0.25, 0.3) is 0 Å². The summed E-state index contributed by atoms with van der Waals surface area (Å²) in [5.41, 5.74) is 1.40. The van der Waals surface area contributed by atoms with Crippen LogP contribution in [0.3, 0.4) is 0 Å². The molecule has 0 saturated carbocycles. The van der Waals surface area contributed by atoms with Crippen molar-refractivity contribution in [1.82, 2.24) is 0 Å². The summed E-state index contributed by atoms with van der Waals surface area (Å²) in [5.74, 6) is 1.14. The van der Waals surface area contributed by atoms with Crippen LogP contribution in [0.1, 0.15) is 45.6 Å². The van der Waals surface area contributed by atoms with Crippen LogP contribution >= 0.6 is 0 Å². The standard InChI is InChI=1S/C16H24O2/c1-13-6-5-7-15(12-13)18-11-9-14(17)8-10-16(2,3)4/h5-7,12H,8-11H2,1-4H3. The van der Waals surface area contributed by atoms with Crippen molar-refractivity contribution in [2.24, 2.45) is 5.41 Å². The third-order valence-corrected chi connectivity index (χ3v) is 2.79. The highest BCUT2D eigenvalue weighted by molar-refractivity contribution is 5.78. The van der Waals surface area contributed by atoms with Gasteiger partial charge in [-0.25, -0.2) is 0 Å². The maximum absolute atomic E-state index is 11.7. The SMILES string of the molecule is Cc1cccc(OCCC(=O)CCC(C)(C)C)c1. The molecule has 0 heterocycles. The molecule has 100 valence electrons. The second-order valence-electron chi connectivity index (χ2n) is 6.01. The number of aryl methyl sites for hydroxylation is 1. The van der Waals surface area contributed by atoms with Gasteiger partial charge in [0, 0.05) is 12.8 Å². The van der Waals surface area contributed by atoms with Gasteiger partial charge < -0.3 is 4.74 Å². The van der Waals surface area contributed by atoms with Crippen LogP contribution in [0, 0.1) is 12.3 Å². The number of rotatable bonds is 6. The van der Waals surface area contributed by atoms with Crippen molar-refractivity contribution in [3.63, 3.8) is 0 Å². The number of carbonyl (C=O) groups excluding carboxylic acids is 1. The summed E-state index contributed by atoms with van der Waals surface area (Å²) < 4.78 is 5.57. The number of ketones is 1. The summed E-state index contributed by atoms with van der Waals surface area (Å²) in [6, 6.07) is 7.90. The Morgan fingerprint density at radius 2 is 1.94 bits per heavy atom. The van der Waals surface area contributed by atoms with E-state index in [1.807, 2.05) is 31.2 Å².